The molecule has 0 fully saturated rings. The maximum atomic E-state index is 11.7. The lowest BCUT2D eigenvalue weighted by Gasteiger charge is -2.23. The van der Waals surface area contributed by atoms with Crippen LogP contribution in [-0.2, 0) is 35.8 Å². The Hall–Kier alpha value is 0.290. The average Bonchev–Trinajstić information content (AvgIpc) is 2.42. The van der Waals surface area contributed by atoms with E-state index in [9.17, 15) is 13.0 Å². The quantitative estimate of drug-likeness (QED) is 0.463. The minimum absolute atomic E-state index is 0.188. The molecule has 1 aromatic carbocycles. The zero-order valence-electron chi connectivity index (χ0n) is 11.9. The van der Waals surface area contributed by atoms with E-state index in [2.05, 4.69) is 0 Å². The SMILES string of the molecule is O=S(=O)([O-])c1c(CCCl)cc(CCCl)c(CCCl)c1CCCl. The molecule has 3 nitrogen and oxygen atoms in total. The molecule has 0 unspecified atom stereocenters. The fourth-order valence-corrected chi connectivity index (χ4v) is 4.37. The third-order valence-electron chi connectivity index (χ3n) is 3.33. The zero-order valence-corrected chi connectivity index (χ0v) is 15.7. The Morgan fingerprint density at radius 2 is 1.23 bits per heavy atom. The van der Waals surface area contributed by atoms with E-state index in [1.165, 1.54) is 0 Å². The molecule has 0 saturated heterocycles. The van der Waals surface area contributed by atoms with Gasteiger partial charge in [0.15, 0.2) is 0 Å². The van der Waals surface area contributed by atoms with Crippen LogP contribution in [0.4, 0.5) is 0 Å². The van der Waals surface area contributed by atoms with Gasteiger partial charge in [0.1, 0.15) is 10.1 Å². The third-order valence-corrected chi connectivity index (χ3v) is 5.10. The van der Waals surface area contributed by atoms with Gasteiger partial charge < -0.3 is 4.55 Å². The minimum atomic E-state index is -4.62. The van der Waals surface area contributed by atoms with Crippen LogP contribution in [0.25, 0.3) is 0 Å². The summed E-state index contributed by atoms with van der Waals surface area (Å²) in [5.41, 5.74) is 2.57. The Kier molecular flexibility index (Phi) is 8.83. The van der Waals surface area contributed by atoms with Crippen LogP contribution in [0.3, 0.4) is 0 Å². The molecular formula is C14H17Cl4O3S-. The highest BCUT2D eigenvalue weighted by Crippen LogP contribution is 2.30. The van der Waals surface area contributed by atoms with E-state index in [1.54, 1.807) is 6.07 Å². The molecule has 0 aliphatic rings. The first-order valence-corrected chi connectivity index (χ1v) is 10.3. The van der Waals surface area contributed by atoms with Crippen molar-refractivity contribution >= 4 is 56.5 Å². The Labute approximate surface area is 151 Å². The van der Waals surface area contributed by atoms with Crippen LogP contribution in [-0.4, -0.2) is 36.5 Å². The monoisotopic (exact) mass is 405 g/mol. The first-order chi connectivity index (χ1) is 10.4. The van der Waals surface area contributed by atoms with Gasteiger partial charge in [-0.25, -0.2) is 8.42 Å². The molecule has 22 heavy (non-hydrogen) atoms. The maximum absolute atomic E-state index is 11.7. The van der Waals surface area contributed by atoms with Gasteiger partial charge >= 0.3 is 0 Å². The van der Waals surface area contributed by atoms with Gasteiger partial charge in [0.05, 0.1) is 4.90 Å². The lowest BCUT2D eigenvalue weighted by Crippen LogP contribution is -2.15. The molecule has 1 rings (SSSR count). The number of rotatable bonds is 9. The number of aryl methyl sites for hydroxylation is 2. The summed E-state index contributed by atoms with van der Waals surface area (Å²) in [6, 6.07) is 1.72. The van der Waals surface area contributed by atoms with Gasteiger partial charge in [-0.2, -0.15) is 0 Å². The van der Waals surface area contributed by atoms with Crippen molar-refractivity contribution in [3.05, 3.63) is 28.3 Å². The van der Waals surface area contributed by atoms with Crippen molar-refractivity contribution in [2.45, 2.75) is 30.6 Å². The first-order valence-electron chi connectivity index (χ1n) is 6.76. The van der Waals surface area contributed by atoms with Crippen molar-refractivity contribution in [1.29, 1.82) is 0 Å². The van der Waals surface area contributed by atoms with Crippen molar-refractivity contribution in [3.8, 4) is 0 Å². The van der Waals surface area contributed by atoms with Crippen molar-refractivity contribution < 1.29 is 13.0 Å². The van der Waals surface area contributed by atoms with Crippen molar-refractivity contribution in [2.75, 3.05) is 23.5 Å². The lowest BCUT2D eigenvalue weighted by atomic mass is 9.92. The fourth-order valence-electron chi connectivity index (χ4n) is 2.58. The summed E-state index contributed by atoms with van der Waals surface area (Å²) in [4.78, 5) is -0.188. The van der Waals surface area contributed by atoms with Gasteiger partial charge in [0.2, 0.25) is 0 Å². The molecule has 0 spiro atoms. The van der Waals surface area contributed by atoms with Crippen LogP contribution in [0.5, 0.6) is 0 Å². The standard InChI is InChI=1S/C14H18Cl4O3S/c15-5-1-10-9-11(2-6-16)14(22(19,20)21)13(4-8-18)12(10)3-7-17/h9H,1-8H2,(H,19,20,21)/p-1. The molecule has 0 heterocycles. The summed E-state index contributed by atoms with van der Waals surface area (Å²) in [7, 11) is -4.62. The zero-order chi connectivity index (χ0) is 16.8. The first kappa shape index (κ1) is 20.3. The average molecular weight is 407 g/mol. The van der Waals surface area contributed by atoms with Crippen LogP contribution >= 0.6 is 46.4 Å². The Balaban J connectivity index is 3.72. The third kappa shape index (κ3) is 5.15. The van der Waals surface area contributed by atoms with Gasteiger partial charge in [0.25, 0.3) is 0 Å². The molecule has 8 heteroatoms. The lowest BCUT2D eigenvalue weighted by molar-refractivity contribution is 0.461. The highest BCUT2D eigenvalue weighted by molar-refractivity contribution is 7.85. The van der Waals surface area contributed by atoms with E-state index in [-0.39, 0.29) is 23.1 Å². The van der Waals surface area contributed by atoms with Crippen LogP contribution in [0.1, 0.15) is 22.3 Å². The normalized spacial score (nSPS) is 11.9. The Bertz CT molecular complexity index is 603. The number of hydrogen-bond donors (Lipinski definition) is 0. The van der Waals surface area contributed by atoms with Gasteiger partial charge in [-0.1, -0.05) is 6.07 Å². The van der Waals surface area contributed by atoms with E-state index in [1.807, 2.05) is 0 Å². The van der Waals surface area contributed by atoms with Crippen LogP contribution < -0.4 is 0 Å². The van der Waals surface area contributed by atoms with Crippen molar-refractivity contribution in [1.82, 2.24) is 0 Å². The largest absolute Gasteiger partial charge is 0.744 e. The smallest absolute Gasteiger partial charge is 0.124 e. The van der Waals surface area contributed by atoms with Crippen LogP contribution in [0.15, 0.2) is 11.0 Å². The summed E-state index contributed by atoms with van der Waals surface area (Å²) in [6.45, 7) is 0. The predicted octanol–water partition coefficient (Wildman–Crippen LogP) is 3.72. The fraction of sp³-hybridized carbons (Fsp3) is 0.571. The van der Waals surface area contributed by atoms with Crippen LogP contribution in [0.2, 0.25) is 0 Å². The molecule has 0 atom stereocenters. The van der Waals surface area contributed by atoms with Crippen molar-refractivity contribution in [3.63, 3.8) is 0 Å². The summed E-state index contributed by atoms with van der Waals surface area (Å²) >= 11 is 23.2. The topological polar surface area (TPSA) is 57.2 Å². The molecule has 126 valence electrons. The highest BCUT2D eigenvalue weighted by atomic mass is 35.5. The number of alkyl halides is 4. The molecule has 0 radical (unpaired) electrons. The molecule has 0 aliphatic heterocycles. The molecular weight excluding hydrogens is 390 g/mol. The van der Waals surface area contributed by atoms with Gasteiger partial charge in [0, 0.05) is 23.5 Å². The number of halogens is 4. The van der Waals surface area contributed by atoms with Crippen LogP contribution in [0, 0.1) is 0 Å². The van der Waals surface area contributed by atoms with E-state index >= 15 is 0 Å². The molecule has 0 bridgehead atoms. The number of benzene rings is 1. The molecule has 0 aromatic heterocycles. The Morgan fingerprint density at radius 1 is 0.773 bits per heavy atom. The molecule has 0 amide bonds. The summed E-state index contributed by atoms with van der Waals surface area (Å²) in [5.74, 6) is 1.14. The minimum Gasteiger partial charge on any atom is -0.744 e. The maximum Gasteiger partial charge on any atom is 0.124 e. The second kappa shape index (κ2) is 9.55. The summed E-state index contributed by atoms with van der Waals surface area (Å²) in [6.07, 6.45) is 1.61. The van der Waals surface area contributed by atoms with E-state index in [0.717, 1.165) is 11.1 Å². The number of hydrogen-bond acceptors (Lipinski definition) is 3. The Morgan fingerprint density at radius 3 is 1.68 bits per heavy atom. The molecule has 0 saturated carbocycles. The van der Waals surface area contributed by atoms with E-state index < -0.39 is 10.1 Å². The molecule has 1 aromatic rings. The summed E-state index contributed by atoms with van der Waals surface area (Å²) in [5, 5.41) is 0. The van der Waals surface area contributed by atoms with Gasteiger partial charge in [-0.15, -0.1) is 46.4 Å². The van der Waals surface area contributed by atoms with Gasteiger partial charge in [-0.05, 0) is 47.9 Å². The van der Waals surface area contributed by atoms with Crippen molar-refractivity contribution in [2.24, 2.45) is 0 Å². The summed E-state index contributed by atoms with van der Waals surface area (Å²) < 4.78 is 35.2. The van der Waals surface area contributed by atoms with E-state index in [0.29, 0.717) is 42.1 Å². The van der Waals surface area contributed by atoms with Gasteiger partial charge in [-0.3, -0.25) is 0 Å². The second-order valence-corrected chi connectivity index (χ2v) is 7.52. The predicted molar refractivity (Wildman–Crippen MR) is 92.1 cm³/mol. The van der Waals surface area contributed by atoms with E-state index in [4.69, 9.17) is 46.4 Å². The molecule has 0 N–H and O–H groups in total. The highest BCUT2D eigenvalue weighted by Gasteiger charge is 2.21. The molecule has 0 aliphatic carbocycles. The second-order valence-electron chi connectivity index (χ2n) is 4.69.